The minimum atomic E-state index is 0.415. The van der Waals surface area contributed by atoms with Crippen LogP contribution in [-0.4, -0.2) is 35.7 Å². The molecule has 0 aromatic heterocycles. The van der Waals surface area contributed by atoms with Gasteiger partial charge in [-0.05, 0) is 38.4 Å². The van der Waals surface area contributed by atoms with Crippen LogP contribution in [0, 0.1) is 0 Å². The highest BCUT2D eigenvalue weighted by molar-refractivity contribution is 5.31. The van der Waals surface area contributed by atoms with Gasteiger partial charge in [-0.25, -0.2) is 0 Å². The molecule has 1 aromatic carbocycles. The van der Waals surface area contributed by atoms with Crippen molar-refractivity contribution in [2.45, 2.75) is 38.8 Å². The van der Waals surface area contributed by atoms with E-state index in [0.717, 1.165) is 38.2 Å². The number of para-hydroxylation sites is 1. The first kappa shape index (κ1) is 13.4. The zero-order valence-corrected chi connectivity index (χ0v) is 11.2. The molecule has 0 saturated carbocycles. The Morgan fingerprint density at radius 1 is 1.39 bits per heavy atom. The number of phenols is 1. The molecule has 1 fully saturated rings. The van der Waals surface area contributed by atoms with Crippen LogP contribution >= 0.6 is 0 Å². The van der Waals surface area contributed by atoms with Crippen molar-refractivity contribution >= 4 is 0 Å². The molecule has 0 amide bonds. The van der Waals surface area contributed by atoms with Gasteiger partial charge in [-0.1, -0.05) is 25.1 Å². The topological polar surface area (TPSA) is 35.5 Å². The summed E-state index contributed by atoms with van der Waals surface area (Å²) in [4.78, 5) is 2.44. The smallest absolute Gasteiger partial charge is 0.120 e. The number of phenolic OH excluding ortho intramolecular Hbond substituents is 1. The number of rotatable bonds is 6. The van der Waals surface area contributed by atoms with Gasteiger partial charge >= 0.3 is 0 Å². The Labute approximate surface area is 110 Å². The quantitative estimate of drug-likeness (QED) is 0.811. The van der Waals surface area contributed by atoms with E-state index < -0.39 is 0 Å². The third kappa shape index (κ3) is 3.72. The molecule has 1 unspecified atom stereocenters. The van der Waals surface area contributed by atoms with Gasteiger partial charge in [0.1, 0.15) is 5.75 Å². The Bertz CT molecular complexity index is 361. The molecule has 2 rings (SSSR count). The molecule has 0 aliphatic carbocycles. The largest absolute Gasteiger partial charge is 0.508 e. The van der Waals surface area contributed by atoms with Gasteiger partial charge in [0.25, 0.3) is 0 Å². The highest BCUT2D eigenvalue weighted by Crippen LogP contribution is 2.18. The van der Waals surface area contributed by atoms with Crippen LogP contribution in [0.15, 0.2) is 24.3 Å². The fourth-order valence-corrected chi connectivity index (χ4v) is 2.66. The van der Waals surface area contributed by atoms with Crippen molar-refractivity contribution in [1.82, 2.24) is 10.2 Å². The van der Waals surface area contributed by atoms with Crippen molar-refractivity contribution in [3.63, 3.8) is 0 Å². The first-order valence-corrected chi connectivity index (χ1v) is 7.02. The summed E-state index contributed by atoms with van der Waals surface area (Å²) in [5.74, 6) is 0.415. The zero-order valence-electron chi connectivity index (χ0n) is 11.2. The predicted molar refractivity (Wildman–Crippen MR) is 74.7 cm³/mol. The van der Waals surface area contributed by atoms with E-state index >= 15 is 0 Å². The molecule has 100 valence electrons. The zero-order chi connectivity index (χ0) is 12.8. The maximum atomic E-state index is 9.85. The minimum Gasteiger partial charge on any atom is -0.508 e. The van der Waals surface area contributed by atoms with Crippen molar-refractivity contribution in [1.29, 1.82) is 0 Å². The number of aromatic hydroxyl groups is 1. The molecule has 1 aromatic rings. The van der Waals surface area contributed by atoms with E-state index in [1.165, 1.54) is 12.8 Å². The van der Waals surface area contributed by atoms with Crippen molar-refractivity contribution in [2.75, 3.05) is 19.6 Å². The highest BCUT2D eigenvalue weighted by Gasteiger charge is 2.18. The molecule has 1 aliphatic heterocycles. The second-order valence-corrected chi connectivity index (χ2v) is 5.16. The number of hydrogen-bond acceptors (Lipinski definition) is 3. The van der Waals surface area contributed by atoms with E-state index in [9.17, 15) is 5.11 Å². The maximum absolute atomic E-state index is 9.85. The summed E-state index contributed by atoms with van der Waals surface area (Å²) in [7, 11) is 0. The van der Waals surface area contributed by atoms with Gasteiger partial charge in [-0.15, -0.1) is 0 Å². The van der Waals surface area contributed by atoms with Crippen LogP contribution in [0.2, 0.25) is 0 Å². The summed E-state index contributed by atoms with van der Waals surface area (Å²) in [5.41, 5.74) is 1.03. The first-order chi connectivity index (χ1) is 8.79. The van der Waals surface area contributed by atoms with Gasteiger partial charge in [-0.2, -0.15) is 0 Å². The SMILES string of the molecule is CCCN(Cc1ccccc1O)CC1CCCN1. The van der Waals surface area contributed by atoms with Crippen LogP contribution in [-0.2, 0) is 6.54 Å². The highest BCUT2D eigenvalue weighted by atomic mass is 16.3. The van der Waals surface area contributed by atoms with Crippen LogP contribution in [0.5, 0.6) is 5.75 Å². The Hall–Kier alpha value is -1.06. The Kier molecular flexibility index (Phi) is 5.02. The Balaban J connectivity index is 1.94. The van der Waals surface area contributed by atoms with Crippen molar-refractivity contribution in [3.05, 3.63) is 29.8 Å². The summed E-state index contributed by atoms with van der Waals surface area (Å²) in [6.07, 6.45) is 3.72. The second-order valence-electron chi connectivity index (χ2n) is 5.16. The summed E-state index contributed by atoms with van der Waals surface area (Å²) in [6, 6.07) is 8.28. The fraction of sp³-hybridized carbons (Fsp3) is 0.600. The van der Waals surface area contributed by atoms with E-state index in [2.05, 4.69) is 17.1 Å². The van der Waals surface area contributed by atoms with Gasteiger partial charge < -0.3 is 10.4 Å². The predicted octanol–water partition coefficient (Wildman–Crippen LogP) is 2.36. The Morgan fingerprint density at radius 2 is 2.22 bits per heavy atom. The standard InChI is InChI=1S/C15H24N2O/c1-2-10-17(12-14-7-5-9-16-14)11-13-6-3-4-8-15(13)18/h3-4,6,8,14,16,18H,2,5,7,9-12H2,1H3. The summed E-state index contributed by atoms with van der Waals surface area (Å²) in [5, 5.41) is 13.4. The van der Waals surface area contributed by atoms with E-state index in [1.54, 1.807) is 6.07 Å². The van der Waals surface area contributed by atoms with E-state index in [1.807, 2.05) is 18.2 Å². The van der Waals surface area contributed by atoms with E-state index in [4.69, 9.17) is 0 Å². The molecule has 0 bridgehead atoms. The van der Waals surface area contributed by atoms with Crippen LogP contribution < -0.4 is 5.32 Å². The molecule has 1 atom stereocenters. The molecule has 3 nitrogen and oxygen atoms in total. The lowest BCUT2D eigenvalue weighted by Crippen LogP contribution is -2.37. The normalized spacial score (nSPS) is 19.6. The molecular formula is C15H24N2O. The van der Waals surface area contributed by atoms with Crippen LogP contribution in [0.3, 0.4) is 0 Å². The molecule has 0 radical (unpaired) electrons. The number of nitrogens with one attached hydrogen (secondary N) is 1. The maximum Gasteiger partial charge on any atom is 0.120 e. The van der Waals surface area contributed by atoms with Crippen molar-refractivity contribution < 1.29 is 5.11 Å². The number of hydrogen-bond donors (Lipinski definition) is 2. The van der Waals surface area contributed by atoms with E-state index in [-0.39, 0.29) is 0 Å². The monoisotopic (exact) mass is 248 g/mol. The molecule has 2 N–H and O–H groups in total. The van der Waals surface area contributed by atoms with Gasteiger partial charge in [-0.3, -0.25) is 4.90 Å². The third-order valence-electron chi connectivity index (χ3n) is 3.57. The fourth-order valence-electron chi connectivity index (χ4n) is 2.66. The lowest BCUT2D eigenvalue weighted by atomic mass is 10.1. The Morgan fingerprint density at radius 3 is 2.89 bits per heavy atom. The van der Waals surface area contributed by atoms with E-state index in [0.29, 0.717) is 11.8 Å². The number of nitrogens with zero attached hydrogens (tertiary/aromatic N) is 1. The molecule has 18 heavy (non-hydrogen) atoms. The van der Waals surface area contributed by atoms with Crippen molar-refractivity contribution in [3.8, 4) is 5.75 Å². The van der Waals surface area contributed by atoms with Gasteiger partial charge in [0.15, 0.2) is 0 Å². The molecular weight excluding hydrogens is 224 g/mol. The summed E-state index contributed by atoms with van der Waals surface area (Å²) < 4.78 is 0. The van der Waals surface area contributed by atoms with Gasteiger partial charge in [0.05, 0.1) is 0 Å². The summed E-state index contributed by atoms with van der Waals surface area (Å²) in [6.45, 7) is 6.38. The van der Waals surface area contributed by atoms with Crippen LogP contribution in [0.25, 0.3) is 0 Å². The average molecular weight is 248 g/mol. The molecule has 0 spiro atoms. The van der Waals surface area contributed by atoms with Crippen LogP contribution in [0.4, 0.5) is 0 Å². The van der Waals surface area contributed by atoms with Gasteiger partial charge in [0.2, 0.25) is 0 Å². The molecule has 1 saturated heterocycles. The van der Waals surface area contributed by atoms with Crippen molar-refractivity contribution in [2.24, 2.45) is 0 Å². The van der Waals surface area contributed by atoms with Crippen LogP contribution in [0.1, 0.15) is 31.7 Å². The minimum absolute atomic E-state index is 0.415. The summed E-state index contributed by atoms with van der Waals surface area (Å²) >= 11 is 0. The average Bonchev–Trinajstić information content (AvgIpc) is 2.85. The molecule has 1 aliphatic rings. The number of benzene rings is 1. The second kappa shape index (κ2) is 6.76. The third-order valence-corrected chi connectivity index (χ3v) is 3.57. The lowest BCUT2D eigenvalue weighted by molar-refractivity contribution is 0.239. The first-order valence-electron chi connectivity index (χ1n) is 7.02. The lowest BCUT2D eigenvalue weighted by Gasteiger charge is -2.25. The molecule has 1 heterocycles. The molecule has 3 heteroatoms. The van der Waals surface area contributed by atoms with Gasteiger partial charge in [0, 0.05) is 24.7 Å².